The van der Waals surface area contributed by atoms with Gasteiger partial charge in [0.25, 0.3) is 0 Å². The van der Waals surface area contributed by atoms with Crippen molar-refractivity contribution in [2.24, 2.45) is 0 Å². The first-order valence-corrected chi connectivity index (χ1v) is 7.07. The van der Waals surface area contributed by atoms with Crippen LogP contribution in [0.15, 0.2) is 18.2 Å². The average molecular weight is 278 g/mol. The SMILES string of the molecule is CN(c1ccc(C(C)(C)C)cc1Cl)P(=O)(O)O. The largest absolute Gasteiger partial charge is 0.429 e. The third kappa shape index (κ3) is 3.46. The summed E-state index contributed by atoms with van der Waals surface area (Å²) in [4.78, 5) is 18.1. The van der Waals surface area contributed by atoms with E-state index in [1.165, 1.54) is 7.05 Å². The minimum absolute atomic E-state index is 0.0527. The van der Waals surface area contributed by atoms with Gasteiger partial charge in [0.1, 0.15) is 0 Å². The molecule has 0 saturated carbocycles. The lowest BCUT2D eigenvalue weighted by molar-refractivity contribution is 0.371. The molecule has 0 radical (unpaired) electrons. The summed E-state index contributed by atoms with van der Waals surface area (Å²) in [6.07, 6.45) is 0. The molecule has 0 saturated heterocycles. The second kappa shape index (κ2) is 4.62. The highest BCUT2D eigenvalue weighted by molar-refractivity contribution is 7.53. The standard InChI is InChI=1S/C11H17ClNO3P/c1-11(2,3)8-5-6-10(9(12)7-8)13(4)17(14,15)16/h5-7H,1-4H3,(H2,14,15,16). The summed E-state index contributed by atoms with van der Waals surface area (Å²) in [5.74, 6) is 0. The number of anilines is 1. The molecule has 0 heterocycles. The zero-order chi connectivity index (χ0) is 13.4. The van der Waals surface area contributed by atoms with E-state index in [0.29, 0.717) is 10.7 Å². The van der Waals surface area contributed by atoms with E-state index in [1.807, 2.05) is 26.8 Å². The van der Waals surface area contributed by atoms with E-state index in [-0.39, 0.29) is 5.41 Å². The Bertz CT molecular complexity index is 464. The number of benzene rings is 1. The van der Waals surface area contributed by atoms with Crippen molar-refractivity contribution in [2.75, 3.05) is 11.7 Å². The first kappa shape index (κ1) is 14.5. The zero-order valence-corrected chi connectivity index (χ0v) is 12.0. The first-order chi connectivity index (χ1) is 7.53. The Hall–Kier alpha value is -0.540. The van der Waals surface area contributed by atoms with Crippen LogP contribution in [0.3, 0.4) is 0 Å². The molecular weight excluding hydrogens is 261 g/mol. The Kier molecular flexibility index (Phi) is 3.94. The van der Waals surface area contributed by atoms with Gasteiger partial charge in [-0.25, -0.2) is 4.57 Å². The maximum Gasteiger partial charge on any atom is 0.429 e. The molecule has 0 aliphatic rings. The number of hydrogen-bond acceptors (Lipinski definition) is 1. The zero-order valence-electron chi connectivity index (χ0n) is 10.3. The molecule has 0 bridgehead atoms. The second-order valence-corrected chi connectivity index (χ2v) is 6.99. The molecule has 1 aromatic carbocycles. The van der Waals surface area contributed by atoms with Crippen molar-refractivity contribution in [2.45, 2.75) is 26.2 Å². The van der Waals surface area contributed by atoms with E-state index in [4.69, 9.17) is 21.4 Å². The Morgan fingerprint density at radius 2 is 1.82 bits per heavy atom. The predicted octanol–water partition coefficient (Wildman–Crippen LogP) is 3.17. The fourth-order valence-corrected chi connectivity index (χ4v) is 2.20. The van der Waals surface area contributed by atoms with Crippen molar-refractivity contribution in [1.82, 2.24) is 0 Å². The molecule has 0 fully saturated rings. The van der Waals surface area contributed by atoms with E-state index in [2.05, 4.69) is 0 Å². The third-order valence-corrected chi connectivity index (χ3v) is 3.85. The smallest absolute Gasteiger partial charge is 0.308 e. The van der Waals surface area contributed by atoms with Crippen LogP contribution in [0.1, 0.15) is 26.3 Å². The van der Waals surface area contributed by atoms with Crippen molar-refractivity contribution < 1.29 is 14.4 Å². The normalized spacial score (nSPS) is 12.6. The van der Waals surface area contributed by atoms with Gasteiger partial charge in [0.15, 0.2) is 0 Å². The summed E-state index contributed by atoms with van der Waals surface area (Å²) in [5, 5.41) is 0.336. The van der Waals surface area contributed by atoms with Gasteiger partial charge in [-0.1, -0.05) is 38.4 Å². The van der Waals surface area contributed by atoms with Crippen molar-refractivity contribution in [3.63, 3.8) is 0 Å². The molecule has 1 rings (SSSR count). The fourth-order valence-electron chi connectivity index (χ4n) is 1.38. The molecule has 0 aromatic heterocycles. The van der Waals surface area contributed by atoms with Gasteiger partial charge in [-0.05, 0) is 23.1 Å². The van der Waals surface area contributed by atoms with Crippen LogP contribution in [-0.4, -0.2) is 16.8 Å². The van der Waals surface area contributed by atoms with Gasteiger partial charge < -0.3 is 9.79 Å². The van der Waals surface area contributed by atoms with Crippen LogP contribution < -0.4 is 4.67 Å². The second-order valence-electron chi connectivity index (χ2n) is 4.95. The maximum atomic E-state index is 11.1. The van der Waals surface area contributed by atoms with E-state index in [9.17, 15) is 4.57 Å². The summed E-state index contributed by atoms with van der Waals surface area (Å²) in [6.45, 7) is 6.14. The summed E-state index contributed by atoms with van der Waals surface area (Å²) < 4.78 is 12.0. The minimum Gasteiger partial charge on any atom is -0.308 e. The van der Waals surface area contributed by atoms with Gasteiger partial charge in [-0.3, -0.25) is 4.67 Å². The molecule has 0 spiro atoms. The summed E-state index contributed by atoms with van der Waals surface area (Å²) in [5.41, 5.74) is 1.29. The number of nitrogens with zero attached hydrogens (tertiary/aromatic N) is 1. The molecule has 0 atom stereocenters. The third-order valence-electron chi connectivity index (χ3n) is 2.55. The Balaban J connectivity index is 3.20. The van der Waals surface area contributed by atoms with Crippen LogP contribution in [0.25, 0.3) is 0 Å². The van der Waals surface area contributed by atoms with Gasteiger partial charge in [0, 0.05) is 7.05 Å². The summed E-state index contributed by atoms with van der Waals surface area (Å²) in [7, 11) is -2.99. The van der Waals surface area contributed by atoms with Crippen LogP contribution in [0, 0.1) is 0 Å². The first-order valence-electron chi connectivity index (χ1n) is 5.13. The Labute approximate surface area is 106 Å². The van der Waals surface area contributed by atoms with Gasteiger partial charge >= 0.3 is 7.75 Å². The lowest BCUT2D eigenvalue weighted by Gasteiger charge is -2.24. The summed E-state index contributed by atoms with van der Waals surface area (Å²) >= 11 is 6.05. The van der Waals surface area contributed by atoms with Crippen LogP contribution in [0.5, 0.6) is 0 Å². The predicted molar refractivity (Wildman–Crippen MR) is 70.6 cm³/mol. The van der Waals surface area contributed by atoms with Crippen LogP contribution >= 0.6 is 19.3 Å². The lowest BCUT2D eigenvalue weighted by Crippen LogP contribution is -2.15. The molecular formula is C11H17ClNO3P. The molecule has 4 nitrogen and oxygen atoms in total. The molecule has 2 N–H and O–H groups in total. The van der Waals surface area contributed by atoms with Crippen molar-refractivity contribution in [3.05, 3.63) is 28.8 Å². The molecule has 6 heteroatoms. The van der Waals surface area contributed by atoms with Gasteiger partial charge in [0.2, 0.25) is 0 Å². The van der Waals surface area contributed by atoms with Crippen molar-refractivity contribution in [1.29, 1.82) is 0 Å². The minimum atomic E-state index is -4.31. The van der Waals surface area contributed by atoms with Crippen molar-refractivity contribution in [3.8, 4) is 0 Å². The van der Waals surface area contributed by atoms with E-state index in [0.717, 1.165) is 10.2 Å². The number of rotatable bonds is 2. The molecule has 0 aliphatic carbocycles. The highest BCUT2D eigenvalue weighted by atomic mass is 35.5. The Morgan fingerprint density at radius 1 is 1.29 bits per heavy atom. The average Bonchev–Trinajstić information content (AvgIpc) is 2.13. The van der Waals surface area contributed by atoms with Crippen molar-refractivity contribution >= 4 is 25.0 Å². The highest BCUT2D eigenvalue weighted by Gasteiger charge is 2.24. The quantitative estimate of drug-likeness (QED) is 0.815. The number of halogens is 1. The fraction of sp³-hybridized carbons (Fsp3) is 0.455. The topological polar surface area (TPSA) is 60.8 Å². The highest BCUT2D eigenvalue weighted by Crippen LogP contribution is 2.45. The number of hydrogen-bond donors (Lipinski definition) is 2. The molecule has 0 amide bonds. The van der Waals surface area contributed by atoms with E-state index >= 15 is 0 Å². The van der Waals surface area contributed by atoms with Crippen LogP contribution in [0.2, 0.25) is 5.02 Å². The van der Waals surface area contributed by atoms with Crippen LogP contribution in [0.4, 0.5) is 5.69 Å². The van der Waals surface area contributed by atoms with E-state index in [1.54, 1.807) is 12.1 Å². The van der Waals surface area contributed by atoms with Gasteiger partial charge in [-0.2, -0.15) is 0 Å². The molecule has 0 aliphatic heterocycles. The monoisotopic (exact) mass is 277 g/mol. The Morgan fingerprint density at radius 3 is 2.18 bits per heavy atom. The molecule has 0 unspecified atom stereocenters. The van der Waals surface area contributed by atoms with E-state index < -0.39 is 7.75 Å². The van der Waals surface area contributed by atoms with Gasteiger partial charge in [-0.15, -0.1) is 0 Å². The molecule has 96 valence electrons. The van der Waals surface area contributed by atoms with Gasteiger partial charge in [0.05, 0.1) is 10.7 Å². The maximum absolute atomic E-state index is 11.1. The lowest BCUT2D eigenvalue weighted by atomic mass is 9.87. The molecule has 1 aromatic rings. The summed E-state index contributed by atoms with van der Waals surface area (Å²) in [6, 6.07) is 5.19. The molecule has 17 heavy (non-hydrogen) atoms. The van der Waals surface area contributed by atoms with Crippen LogP contribution in [-0.2, 0) is 9.98 Å².